The van der Waals surface area contributed by atoms with Crippen molar-refractivity contribution in [2.24, 2.45) is 0 Å². The lowest BCUT2D eigenvalue weighted by molar-refractivity contribution is 0.0199. The number of nitrogen functional groups attached to an aromatic ring is 1. The first-order chi connectivity index (χ1) is 8.83. The number of halogens is 3. The van der Waals surface area contributed by atoms with Crippen LogP contribution in [0.15, 0.2) is 27.6 Å². The highest BCUT2D eigenvalue weighted by atomic mass is 79.9. The molecular weight excluding hydrogens is 346 g/mol. The minimum Gasteiger partial charge on any atom is -0.399 e. The summed E-state index contributed by atoms with van der Waals surface area (Å²) in [5.74, 6) is 0. The summed E-state index contributed by atoms with van der Waals surface area (Å²) in [6.45, 7) is -0.955. The number of rotatable bonds is 7. The fourth-order valence-electron chi connectivity index (χ4n) is 1.22. The lowest BCUT2D eigenvalue weighted by atomic mass is 10.3. The van der Waals surface area contributed by atoms with Crippen LogP contribution in [0, 0.1) is 0 Å². The number of hydrogen-bond donors (Lipinski definition) is 2. The zero-order chi connectivity index (χ0) is 14.5. The SMILES string of the molecule is Nc1ccc(Br)c(S(=O)(=O)NCCOCC(F)F)c1. The van der Waals surface area contributed by atoms with Gasteiger partial charge in [0.2, 0.25) is 10.0 Å². The number of benzene rings is 1. The number of sulfonamides is 1. The van der Waals surface area contributed by atoms with E-state index in [1.165, 1.54) is 12.1 Å². The molecule has 3 N–H and O–H groups in total. The number of nitrogens with one attached hydrogen (secondary N) is 1. The summed E-state index contributed by atoms with van der Waals surface area (Å²) in [5, 5.41) is 0. The van der Waals surface area contributed by atoms with E-state index in [0.717, 1.165) is 0 Å². The van der Waals surface area contributed by atoms with Crippen molar-refractivity contribution in [3.63, 3.8) is 0 Å². The molecule has 0 bridgehead atoms. The summed E-state index contributed by atoms with van der Waals surface area (Å²) in [7, 11) is -3.76. The van der Waals surface area contributed by atoms with Gasteiger partial charge in [0, 0.05) is 16.7 Å². The Morgan fingerprint density at radius 1 is 1.42 bits per heavy atom. The molecule has 0 heterocycles. The maximum Gasteiger partial charge on any atom is 0.261 e. The molecule has 108 valence electrons. The topological polar surface area (TPSA) is 81.4 Å². The lowest BCUT2D eigenvalue weighted by Gasteiger charge is -2.09. The van der Waals surface area contributed by atoms with Crippen molar-refractivity contribution in [3.05, 3.63) is 22.7 Å². The van der Waals surface area contributed by atoms with Crippen molar-refractivity contribution >= 4 is 31.6 Å². The molecule has 1 aromatic rings. The third-order valence-corrected chi connectivity index (χ3v) is 4.48. The van der Waals surface area contributed by atoms with Gasteiger partial charge in [-0.05, 0) is 34.1 Å². The van der Waals surface area contributed by atoms with E-state index in [2.05, 4.69) is 25.4 Å². The number of anilines is 1. The van der Waals surface area contributed by atoms with Crippen LogP contribution in [0.4, 0.5) is 14.5 Å². The van der Waals surface area contributed by atoms with Crippen LogP contribution in [-0.2, 0) is 14.8 Å². The fraction of sp³-hybridized carbons (Fsp3) is 0.400. The Hall–Kier alpha value is -0.770. The average molecular weight is 359 g/mol. The largest absolute Gasteiger partial charge is 0.399 e. The minimum atomic E-state index is -3.76. The molecule has 0 aliphatic rings. The summed E-state index contributed by atoms with van der Waals surface area (Å²) in [5.41, 5.74) is 5.82. The molecule has 1 rings (SSSR count). The summed E-state index contributed by atoms with van der Waals surface area (Å²) < 4.78 is 54.5. The molecule has 1 aromatic carbocycles. The zero-order valence-corrected chi connectivity index (χ0v) is 12.2. The molecule has 0 atom stereocenters. The first-order valence-electron chi connectivity index (χ1n) is 5.23. The number of ether oxygens (including phenoxy) is 1. The van der Waals surface area contributed by atoms with E-state index in [4.69, 9.17) is 5.73 Å². The van der Waals surface area contributed by atoms with Gasteiger partial charge < -0.3 is 10.5 Å². The highest BCUT2D eigenvalue weighted by molar-refractivity contribution is 9.10. The molecule has 0 aliphatic heterocycles. The van der Waals surface area contributed by atoms with Gasteiger partial charge in [-0.3, -0.25) is 0 Å². The van der Waals surface area contributed by atoms with Gasteiger partial charge in [0.05, 0.1) is 11.5 Å². The lowest BCUT2D eigenvalue weighted by Crippen LogP contribution is -2.28. The van der Waals surface area contributed by atoms with Crippen LogP contribution in [0.3, 0.4) is 0 Å². The van der Waals surface area contributed by atoms with Crippen molar-refractivity contribution in [3.8, 4) is 0 Å². The second kappa shape index (κ2) is 7.13. The molecule has 0 aliphatic carbocycles. The Kier molecular flexibility index (Phi) is 6.11. The molecule has 0 fully saturated rings. The quantitative estimate of drug-likeness (QED) is 0.572. The van der Waals surface area contributed by atoms with Crippen LogP contribution in [0.1, 0.15) is 0 Å². The second-order valence-corrected chi connectivity index (χ2v) is 6.14. The summed E-state index contributed by atoms with van der Waals surface area (Å²) in [6.07, 6.45) is -2.57. The smallest absolute Gasteiger partial charge is 0.261 e. The average Bonchev–Trinajstić information content (AvgIpc) is 2.31. The highest BCUT2D eigenvalue weighted by Crippen LogP contribution is 2.23. The van der Waals surface area contributed by atoms with Crippen molar-refractivity contribution in [1.29, 1.82) is 0 Å². The summed E-state index contributed by atoms with van der Waals surface area (Å²) >= 11 is 3.10. The van der Waals surface area contributed by atoms with E-state index < -0.39 is 23.1 Å². The van der Waals surface area contributed by atoms with Gasteiger partial charge in [-0.1, -0.05) is 0 Å². The van der Waals surface area contributed by atoms with Crippen molar-refractivity contribution < 1.29 is 21.9 Å². The monoisotopic (exact) mass is 358 g/mol. The molecule has 0 spiro atoms. The molecule has 0 unspecified atom stereocenters. The number of hydrogen-bond acceptors (Lipinski definition) is 4. The van der Waals surface area contributed by atoms with Crippen molar-refractivity contribution in [2.75, 3.05) is 25.5 Å². The van der Waals surface area contributed by atoms with E-state index in [1.54, 1.807) is 6.07 Å². The second-order valence-electron chi connectivity index (χ2n) is 3.55. The molecule has 0 amide bonds. The molecular formula is C10H13BrF2N2O3S. The van der Waals surface area contributed by atoms with E-state index in [1.807, 2.05) is 0 Å². The van der Waals surface area contributed by atoms with E-state index in [-0.39, 0.29) is 18.0 Å². The zero-order valence-electron chi connectivity index (χ0n) is 9.77. The number of nitrogens with two attached hydrogens (primary N) is 1. The van der Waals surface area contributed by atoms with Gasteiger partial charge in [0.1, 0.15) is 6.61 Å². The van der Waals surface area contributed by atoms with Crippen LogP contribution in [-0.4, -0.2) is 34.6 Å². The van der Waals surface area contributed by atoms with Crippen LogP contribution < -0.4 is 10.5 Å². The van der Waals surface area contributed by atoms with Crippen molar-refractivity contribution in [1.82, 2.24) is 4.72 Å². The Bertz CT molecular complexity index is 526. The van der Waals surface area contributed by atoms with Gasteiger partial charge >= 0.3 is 0 Å². The summed E-state index contributed by atoms with van der Waals surface area (Å²) in [4.78, 5) is -0.0126. The van der Waals surface area contributed by atoms with Crippen LogP contribution in [0.2, 0.25) is 0 Å². The summed E-state index contributed by atoms with van der Waals surface area (Å²) in [6, 6.07) is 4.36. The van der Waals surface area contributed by atoms with Crippen LogP contribution in [0.5, 0.6) is 0 Å². The molecule has 0 aromatic heterocycles. The van der Waals surface area contributed by atoms with Gasteiger partial charge in [0.15, 0.2) is 0 Å². The third kappa shape index (κ3) is 5.39. The minimum absolute atomic E-state index is 0.0126. The molecule has 0 radical (unpaired) electrons. The molecule has 5 nitrogen and oxygen atoms in total. The highest BCUT2D eigenvalue weighted by Gasteiger charge is 2.17. The number of alkyl halides is 2. The first-order valence-corrected chi connectivity index (χ1v) is 7.51. The van der Waals surface area contributed by atoms with Crippen LogP contribution >= 0.6 is 15.9 Å². The van der Waals surface area contributed by atoms with Gasteiger partial charge in [-0.25, -0.2) is 21.9 Å². The predicted molar refractivity (Wildman–Crippen MR) is 70.6 cm³/mol. The normalized spacial score (nSPS) is 12.0. The Labute approximate surface area is 118 Å². The van der Waals surface area contributed by atoms with Gasteiger partial charge in [-0.15, -0.1) is 0 Å². The maximum absolute atomic E-state index is 11.9. The molecule has 0 saturated heterocycles. The van der Waals surface area contributed by atoms with E-state index in [0.29, 0.717) is 10.2 Å². The standard InChI is InChI=1S/C10H13BrF2N2O3S/c11-8-2-1-7(14)5-9(8)19(16,17)15-3-4-18-6-10(12)13/h1-2,5,10,15H,3-4,6,14H2. The third-order valence-electron chi connectivity index (χ3n) is 2.03. The maximum atomic E-state index is 11.9. The van der Waals surface area contributed by atoms with Crippen LogP contribution in [0.25, 0.3) is 0 Å². The Balaban J connectivity index is 2.59. The van der Waals surface area contributed by atoms with E-state index in [9.17, 15) is 17.2 Å². The first kappa shape index (κ1) is 16.3. The van der Waals surface area contributed by atoms with Gasteiger partial charge in [-0.2, -0.15) is 0 Å². The Morgan fingerprint density at radius 2 is 2.11 bits per heavy atom. The predicted octanol–water partition coefficient (Wildman–Crippen LogP) is 1.59. The van der Waals surface area contributed by atoms with Gasteiger partial charge in [0.25, 0.3) is 6.43 Å². The molecule has 0 saturated carbocycles. The molecule has 19 heavy (non-hydrogen) atoms. The molecule has 9 heteroatoms. The van der Waals surface area contributed by atoms with E-state index >= 15 is 0 Å². The Morgan fingerprint density at radius 3 is 2.74 bits per heavy atom. The van der Waals surface area contributed by atoms with Crippen molar-refractivity contribution in [2.45, 2.75) is 11.3 Å². The fourth-order valence-corrected chi connectivity index (χ4v) is 3.23.